The van der Waals surface area contributed by atoms with Crippen molar-refractivity contribution in [1.82, 2.24) is 3.97 Å². The summed E-state index contributed by atoms with van der Waals surface area (Å²) in [7, 11) is -3.74. The van der Waals surface area contributed by atoms with E-state index in [4.69, 9.17) is 4.42 Å². The number of unbranched alkanes of at least 4 members (excludes halogenated alkanes) is 1. The van der Waals surface area contributed by atoms with Crippen molar-refractivity contribution in [1.29, 1.82) is 0 Å². The largest absolute Gasteiger partial charge is 0.422 e. The predicted octanol–water partition coefficient (Wildman–Crippen LogP) is 6.82. The molecule has 0 N–H and O–H groups in total. The first-order valence-corrected chi connectivity index (χ1v) is 13.5. The molecule has 2 aromatic heterocycles. The standard InChI is InChI=1S/C30H27NO4S/c1-3-4-8-24-20-27(22-9-6-5-7-10-22)30(32)35-29(24)25-13-16-28-23(19-25)17-18-31(28)36(33,34)26-14-11-21(2)12-15-26/h5-7,9-20H,3-4,8H2,1-2H3. The summed E-state index contributed by atoms with van der Waals surface area (Å²) in [5.41, 5.74) is 4.24. The van der Waals surface area contributed by atoms with Crippen LogP contribution in [0.3, 0.4) is 0 Å². The number of hydrogen-bond acceptors (Lipinski definition) is 4. The van der Waals surface area contributed by atoms with Gasteiger partial charge >= 0.3 is 5.63 Å². The molecule has 0 amide bonds. The lowest BCUT2D eigenvalue weighted by atomic mass is 9.98. The van der Waals surface area contributed by atoms with Gasteiger partial charge in [-0.15, -0.1) is 0 Å². The van der Waals surface area contributed by atoms with Gasteiger partial charge < -0.3 is 4.42 Å². The summed E-state index contributed by atoms with van der Waals surface area (Å²) < 4.78 is 33.7. The van der Waals surface area contributed by atoms with Gasteiger partial charge in [-0.2, -0.15) is 0 Å². The van der Waals surface area contributed by atoms with Gasteiger partial charge in [0.2, 0.25) is 0 Å². The summed E-state index contributed by atoms with van der Waals surface area (Å²) in [6.07, 6.45) is 4.31. The zero-order valence-electron chi connectivity index (χ0n) is 20.3. The molecule has 6 heteroatoms. The van der Waals surface area contributed by atoms with Crippen molar-refractivity contribution < 1.29 is 12.8 Å². The third-order valence-corrected chi connectivity index (χ3v) is 8.11. The SMILES string of the molecule is CCCCc1cc(-c2ccccc2)c(=O)oc1-c1ccc2c(ccn2S(=O)(=O)c2ccc(C)cc2)c1. The fraction of sp³-hybridized carbons (Fsp3) is 0.167. The fourth-order valence-corrected chi connectivity index (χ4v) is 5.77. The van der Waals surface area contributed by atoms with Gasteiger partial charge in [-0.25, -0.2) is 17.2 Å². The van der Waals surface area contributed by atoms with Gasteiger partial charge in [0.15, 0.2) is 0 Å². The molecule has 0 fully saturated rings. The number of nitrogens with zero attached hydrogens (tertiary/aromatic N) is 1. The molecule has 2 heterocycles. The van der Waals surface area contributed by atoms with Crippen LogP contribution in [-0.4, -0.2) is 12.4 Å². The second kappa shape index (κ2) is 9.63. The summed E-state index contributed by atoms with van der Waals surface area (Å²) in [5, 5.41) is 0.749. The van der Waals surface area contributed by atoms with Crippen LogP contribution in [-0.2, 0) is 16.4 Å². The minimum Gasteiger partial charge on any atom is -0.422 e. The van der Waals surface area contributed by atoms with Crippen LogP contribution in [0.25, 0.3) is 33.4 Å². The molecule has 0 saturated carbocycles. The lowest BCUT2D eigenvalue weighted by molar-refractivity contribution is 0.520. The van der Waals surface area contributed by atoms with Gasteiger partial charge in [0.05, 0.1) is 16.0 Å². The number of hydrogen-bond donors (Lipinski definition) is 0. The molecule has 0 aliphatic heterocycles. The molecule has 5 aromatic rings. The van der Waals surface area contributed by atoms with Crippen LogP contribution in [0.1, 0.15) is 30.9 Å². The Bertz CT molecular complexity index is 1700. The van der Waals surface area contributed by atoms with E-state index in [1.54, 1.807) is 42.6 Å². The minimum absolute atomic E-state index is 0.235. The van der Waals surface area contributed by atoms with Crippen molar-refractivity contribution in [3.63, 3.8) is 0 Å². The first kappa shape index (κ1) is 23.8. The summed E-state index contributed by atoms with van der Waals surface area (Å²) in [4.78, 5) is 13.2. The molecule has 3 aromatic carbocycles. The Morgan fingerprint density at radius 3 is 2.33 bits per heavy atom. The number of rotatable bonds is 7. The maximum atomic E-state index is 13.3. The van der Waals surface area contributed by atoms with Gasteiger partial charge in [0.25, 0.3) is 10.0 Å². The van der Waals surface area contributed by atoms with Gasteiger partial charge in [0, 0.05) is 17.1 Å². The Balaban J connectivity index is 1.60. The molecule has 0 atom stereocenters. The van der Waals surface area contributed by atoms with E-state index in [9.17, 15) is 13.2 Å². The van der Waals surface area contributed by atoms with Gasteiger partial charge in [-0.3, -0.25) is 0 Å². The summed E-state index contributed by atoms with van der Waals surface area (Å²) >= 11 is 0. The number of benzene rings is 3. The van der Waals surface area contributed by atoms with Crippen molar-refractivity contribution >= 4 is 20.9 Å². The maximum absolute atomic E-state index is 13.3. The number of aryl methyl sites for hydroxylation is 2. The van der Waals surface area contributed by atoms with E-state index < -0.39 is 15.6 Å². The van der Waals surface area contributed by atoms with Gasteiger partial charge in [0.1, 0.15) is 5.76 Å². The normalized spacial score (nSPS) is 11.7. The van der Waals surface area contributed by atoms with Crippen LogP contribution in [0, 0.1) is 6.92 Å². The molecule has 0 aliphatic rings. The van der Waals surface area contributed by atoms with Crippen molar-refractivity contribution in [3.05, 3.63) is 113 Å². The maximum Gasteiger partial charge on any atom is 0.344 e. The smallest absolute Gasteiger partial charge is 0.344 e. The van der Waals surface area contributed by atoms with Crippen LogP contribution in [0.2, 0.25) is 0 Å². The second-order valence-corrected chi connectivity index (χ2v) is 10.8. The van der Waals surface area contributed by atoms with E-state index in [0.29, 0.717) is 16.8 Å². The molecule has 0 bridgehead atoms. The summed E-state index contributed by atoms with van der Waals surface area (Å²) in [6, 6.07) is 25.5. The Morgan fingerprint density at radius 1 is 0.861 bits per heavy atom. The third kappa shape index (κ3) is 4.40. The zero-order chi connectivity index (χ0) is 25.3. The second-order valence-electron chi connectivity index (χ2n) is 8.97. The zero-order valence-corrected chi connectivity index (χ0v) is 21.1. The van der Waals surface area contributed by atoms with Crippen molar-refractivity contribution in [2.24, 2.45) is 0 Å². The van der Waals surface area contributed by atoms with Crippen LogP contribution >= 0.6 is 0 Å². The summed E-state index contributed by atoms with van der Waals surface area (Å²) in [5.74, 6) is 0.532. The predicted molar refractivity (Wildman–Crippen MR) is 144 cm³/mol. The molecule has 36 heavy (non-hydrogen) atoms. The molecular formula is C30H27NO4S. The molecule has 5 nitrogen and oxygen atoms in total. The van der Waals surface area contributed by atoms with Crippen LogP contribution < -0.4 is 5.63 Å². The van der Waals surface area contributed by atoms with Crippen LogP contribution in [0.5, 0.6) is 0 Å². The average Bonchev–Trinajstić information content (AvgIpc) is 3.33. The van der Waals surface area contributed by atoms with E-state index >= 15 is 0 Å². The van der Waals surface area contributed by atoms with Crippen molar-refractivity contribution in [2.75, 3.05) is 0 Å². The highest BCUT2D eigenvalue weighted by molar-refractivity contribution is 7.90. The Morgan fingerprint density at radius 2 is 1.61 bits per heavy atom. The monoisotopic (exact) mass is 497 g/mol. The van der Waals surface area contributed by atoms with E-state index in [1.807, 2.05) is 55.5 Å². The molecule has 182 valence electrons. The van der Waals surface area contributed by atoms with E-state index in [1.165, 1.54) is 3.97 Å². The molecular weight excluding hydrogens is 470 g/mol. The first-order chi connectivity index (χ1) is 17.4. The lowest BCUT2D eigenvalue weighted by Gasteiger charge is -2.12. The Hall–Kier alpha value is -3.90. The molecule has 0 unspecified atom stereocenters. The number of fused-ring (bicyclic) bond motifs is 1. The van der Waals surface area contributed by atoms with Crippen LogP contribution in [0.15, 0.2) is 105 Å². The highest BCUT2D eigenvalue weighted by Crippen LogP contribution is 2.31. The van der Waals surface area contributed by atoms with Gasteiger partial charge in [-0.05, 0) is 73.4 Å². The lowest BCUT2D eigenvalue weighted by Crippen LogP contribution is -2.11. The molecule has 0 radical (unpaired) electrons. The molecule has 0 aliphatic carbocycles. The minimum atomic E-state index is -3.74. The molecule has 0 spiro atoms. The fourth-order valence-electron chi connectivity index (χ4n) is 4.42. The van der Waals surface area contributed by atoms with E-state index in [0.717, 1.165) is 46.9 Å². The van der Waals surface area contributed by atoms with E-state index in [2.05, 4.69) is 6.92 Å². The number of aromatic nitrogens is 1. The Labute approximate surface area is 210 Å². The first-order valence-electron chi connectivity index (χ1n) is 12.0. The van der Waals surface area contributed by atoms with Crippen LogP contribution in [0.4, 0.5) is 0 Å². The van der Waals surface area contributed by atoms with Gasteiger partial charge in [-0.1, -0.05) is 61.4 Å². The molecule has 5 rings (SSSR count). The highest BCUT2D eigenvalue weighted by Gasteiger charge is 2.20. The highest BCUT2D eigenvalue weighted by atomic mass is 32.2. The molecule has 0 saturated heterocycles. The van der Waals surface area contributed by atoms with Crippen molar-refractivity contribution in [2.45, 2.75) is 38.0 Å². The van der Waals surface area contributed by atoms with Crippen molar-refractivity contribution in [3.8, 4) is 22.5 Å². The summed E-state index contributed by atoms with van der Waals surface area (Å²) in [6.45, 7) is 4.04. The van der Waals surface area contributed by atoms with E-state index in [-0.39, 0.29) is 4.90 Å². The quantitative estimate of drug-likeness (QED) is 0.247. The Kier molecular flexibility index (Phi) is 6.37. The average molecular weight is 498 g/mol. The third-order valence-electron chi connectivity index (χ3n) is 6.40. The topological polar surface area (TPSA) is 69.3 Å².